The van der Waals surface area contributed by atoms with Crippen molar-refractivity contribution in [3.63, 3.8) is 0 Å². The van der Waals surface area contributed by atoms with Gasteiger partial charge in [0.15, 0.2) is 11.5 Å². The van der Waals surface area contributed by atoms with Crippen LogP contribution in [0.2, 0.25) is 0 Å². The standard InChI is InChI=1S/C27H27N3O4/c1-5-33-21-11-10-19(13-22(21)32-4)24-20(14-28)26(29)34-23-12-17(3)30(27(31)25(23)24)15-18-8-6-16(2)7-9-18/h6-13,24H,5,15,29H2,1-4H3/t24-/m1/s1. The molecule has 2 heterocycles. The summed E-state index contributed by atoms with van der Waals surface area (Å²) in [6.07, 6.45) is 0. The van der Waals surface area contributed by atoms with Crippen LogP contribution in [-0.4, -0.2) is 18.3 Å². The summed E-state index contributed by atoms with van der Waals surface area (Å²) in [6.45, 7) is 6.65. The summed E-state index contributed by atoms with van der Waals surface area (Å²) in [5, 5.41) is 9.93. The van der Waals surface area contributed by atoms with Crippen molar-refractivity contribution in [3.05, 3.63) is 98.3 Å². The van der Waals surface area contributed by atoms with E-state index in [1.807, 2.05) is 51.1 Å². The van der Waals surface area contributed by atoms with Crippen molar-refractivity contribution in [2.75, 3.05) is 13.7 Å². The number of hydrogen-bond acceptors (Lipinski definition) is 6. The maximum atomic E-state index is 13.8. The van der Waals surface area contributed by atoms with Gasteiger partial charge in [-0.2, -0.15) is 5.26 Å². The first-order valence-electron chi connectivity index (χ1n) is 11.1. The maximum absolute atomic E-state index is 13.8. The molecule has 0 saturated heterocycles. The third-order valence-corrected chi connectivity index (χ3v) is 5.97. The fraction of sp³-hybridized carbons (Fsp3) is 0.259. The number of fused-ring (bicyclic) bond motifs is 1. The maximum Gasteiger partial charge on any atom is 0.259 e. The van der Waals surface area contributed by atoms with Crippen molar-refractivity contribution < 1.29 is 14.2 Å². The van der Waals surface area contributed by atoms with Gasteiger partial charge in [-0.05, 0) is 44.0 Å². The smallest absolute Gasteiger partial charge is 0.259 e. The number of aryl methyl sites for hydroxylation is 2. The van der Waals surface area contributed by atoms with Gasteiger partial charge in [0.25, 0.3) is 5.56 Å². The molecule has 0 amide bonds. The summed E-state index contributed by atoms with van der Waals surface area (Å²) < 4.78 is 18.6. The molecule has 2 aromatic carbocycles. The number of ether oxygens (including phenoxy) is 3. The highest BCUT2D eigenvalue weighted by molar-refractivity contribution is 5.57. The number of nitrogens with two attached hydrogens (primary N) is 1. The number of benzene rings is 2. The van der Waals surface area contributed by atoms with Crippen LogP contribution >= 0.6 is 0 Å². The van der Waals surface area contributed by atoms with E-state index in [2.05, 4.69) is 6.07 Å². The molecule has 0 bridgehead atoms. The fourth-order valence-corrected chi connectivity index (χ4v) is 4.23. The number of allylic oxidation sites excluding steroid dienone is 1. The van der Waals surface area contributed by atoms with Crippen LogP contribution in [0.5, 0.6) is 17.2 Å². The first-order chi connectivity index (χ1) is 16.4. The highest BCUT2D eigenvalue weighted by Crippen LogP contribution is 2.42. The predicted octanol–water partition coefficient (Wildman–Crippen LogP) is 4.14. The highest BCUT2D eigenvalue weighted by Gasteiger charge is 2.35. The van der Waals surface area contributed by atoms with E-state index in [1.54, 1.807) is 29.9 Å². The van der Waals surface area contributed by atoms with E-state index in [-0.39, 0.29) is 17.0 Å². The molecular formula is C27H27N3O4. The summed E-state index contributed by atoms with van der Waals surface area (Å²) in [5.74, 6) is 0.739. The second-order valence-electron chi connectivity index (χ2n) is 8.21. The lowest BCUT2D eigenvalue weighted by Gasteiger charge is -2.28. The van der Waals surface area contributed by atoms with Gasteiger partial charge in [0.1, 0.15) is 17.4 Å². The number of pyridine rings is 1. The Bertz CT molecular complexity index is 1360. The van der Waals surface area contributed by atoms with E-state index in [1.165, 1.54) is 0 Å². The van der Waals surface area contributed by atoms with Crippen molar-refractivity contribution in [3.8, 4) is 23.3 Å². The monoisotopic (exact) mass is 457 g/mol. The average molecular weight is 458 g/mol. The van der Waals surface area contributed by atoms with Crippen LogP contribution in [0, 0.1) is 25.2 Å². The number of nitrogens with zero attached hydrogens (tertiary/aromatic N) is 2. The average Bonchev–Trinajstić information content (AvgIpc) is 2.82. The third-order valence-electron chi connectivity index (χ3n) is 5.97. The molecule has 1 aliphatic rings. The van der Waals surface area contributed by atoms with Gasteiger partial charge < -0.3 is 24.5 Å². The van der Waals surface area contributed by atoms with Gasteiger partial charge in [-0.1, -0.05) is 35.9 Å². The minimum atomic E-state index is -0.698. The van der Waals surface area contributed by atoms with Crippen molar-refractivity contribution >= 4 is 0 Å². The SMILES string of the molecule is CCOc1ccc([C@@H]2C(C#N)=C(N)Oc3cc(C)n(Cc4ccc(C)cc4)c(=O)c32)cc1OC. The molecule has 4 rings (SSSR count). The van der Waals surface area contributed by atoms with Gasteiger partial charge in [0.05, 0.1) is 31.7 Å². The Morgan fingerprint density at radius 3 is 2.50 bits per heavy atom. The molecule has 3 aromatic rings. The quantitative estimate of drug-likeness (QED) is 0.597. The Morgan fingerprint density at radius 1 is 1.12 bits per heavy atom. The lowest BCUT2D eigenvalue weighted by Crippen LogP contribution is -2.33. The number of rotatable bonds is 6. The van der Waals surface area contributed by atoms with E-state index in [0.29, 0.717) is 41.5 Å². The van der Waals surface area contributed by atoms with Crippen LogP contribution in [0.3, 0.4) is 0 Å². The molecular weight excluding hydrogens is 430 g/mol. The van der Waals surface area contributed by atoms with Crippen LogP contribution in [0.25, 0.3) is 0 Å². The highest BCUT2D eigenvalue weighted by atomic mass is 16.5. The molecule has 1 atom stereocenters. The lowest BCUT2D eigenvalue weighted by atomic mass is 9.84. The molecule has 7 nitrogen and oxygen atoms in total. The van der Waals surface area contributed by atoms with Gasteiger partial charge in [-0.3, -0.25) is 4.79 Å². The Kier molecular flexibility index (Phi) is 6.33. The minimum Gasteiger partial charge on any atom is -0.493 e. The summed E-state index contributed by atoms with van der Waals surface area (Å²) in [6, 6.07) is 17.4. The van der Waals surface area contributed by atoms with E-state index >= 15 is 0 Å². The molecule has 0 fully saturated rings. The second-order valence-corrected chi connectivity index (χ2v) is 8.21. The molecule has 34 heavy (non-hydrogen) atoms. The zero-order chi connectivity index (χ0) is 24.4. The summed E-state index contributed by atoms with van der Waals surface area (Å²) in [7, 11) is 1.55. The number of methoxy groups -OCH3 is 1. The zero-order valence-corrected chi connectivity index (χ0v) is 19.7. The van der Waals surface area contributed by atoms with Gasteiger partial charge in [0.2, 0.25) is 5.88 Å². The Balaban J connectivity index is 1.90. The van der Waals surface area contributed by atoms with Crippen LogP contribution in [0.1, 0.15) is 40.8 Å². The third kappa shape index (κ3) is 4.11. The van der Waals surface area contributed by atoms with E-state index in [9.17, 15) is 10.1 Å². The van der Waals surface area contributed by atoms with Crippen molar-refractivity contribution in [1.29, 1.82) is 5.26 Å². The minimum absolute atomic E-state index is 0.0112. The van der Waals surface area contributed by atoms with Crippen LogP contribution in [0.4, 0.5) is 0 Å². The largest absolute Gasteiger partial charge is 0.493 e. The van der Waals surface area contributed by atoms with Gasteiger partial charge in [-0.15, -0.1) is 0 Å². The van der Waals surface area contributed by atoms with Crippen LogP contribution in [-0.2, 0) is 6.54 Å². The first kappa shape index (κ1) is 23.0. The van der Waals surface area contributed by atoms with Crippen molar-refractivity contribution in [2.45, 2.75) is 33.2 Å². The van der Waals surface area contributed by atoms with E-state index in [0.717, 1.165) is 16.8 Å². The van der Waals surface area contributed by atoms with Crippen molar-refractivity contribution in [1.82, 2.24) is 4.57 Å². The Hall–Kier alpha value is -4.18. The van der Waals surface area contributed by atoms with Crippen LogP contribution in [0.15, 0.2) is 64.8 Å². The Labute approximate surface area is 198 Å². The van der Waals surface area contributed by atoms with E-state index in [4.69, 9.17) is 19.9 Å². The normalized spacial score (nSPS) is 14.7. The topological polar surface area (TPSA) is 99.5 Å². The number of hydrogen-bond donors (Lipinski definition) is 1. The van der Waals surface area contributed by atoms with Gasteiger partial charge in [-0.25, -0.2) is 0 Å². The first-order valence-corrected chi connectivity index (χ1v) is 11.1. The molecule has 0 radical (unpaired) electrons. The molecule has 7 heteroatoms. The molecule has 1 aromatic heterocycles. The molecule has 1 aliphatic heterocycles. The molecule has 2 N–H and O–H groups in total. The Morgan fingerprint density at radius 2 is 1.85 bits per heavy atom. The molecule has 0 saturated carbocycles. The number of nitriles is 1. The molecule has 0 aliphatic carbocycles. The van der Waals surface area contributed by atoms with Crippen LogP contribution < -0.4 is 25.5 Å². The van der Waals surface area contributed by atoms with Crippen molar-refractivity contribution in [2.24, 2.45) is 5.73 Å². The lowest BCUT2D eigenvalue weighted by molar-refractivity contribution is 0.310. The summed E-state index contributed by atoms with van der Waals surface area (Å²) >= 11 is 0. The van der Waals surface area contributed by atoms with E-state index < -0.39 is 5.92 Å². The summed E-state index contributed by atoms with van der Waals surface area (Å²) in [5.41, 5.74) is 10.0. The molecule has 174 valence electrons. The molecule has 0 spiro atoms. The molecule has 0 unspecified atom stereocenters. The number of aromatic nitrogens is 1. The fourth-order valence-electron chi connectivity index (χ4n) is 4.23. The second kappa shape index (κ2) is 9.36. The zero-order valence-electron chi connectivity index (χ0n) is 19.7. The summed E-state index contributed by atoms with van der Waals surface area (Å²) in [4.78, 5) is 13.8. The van der Waals surface area contributed by atoms with Gasteiger partial charge in [0, 0.05) is 11.8 Å². The van der Waals surface area contributed by atoms with Gasteiger partial charge >= 0.3 is 0 Å². The predicted molar refractivity (Wildman–Crippen MR) is 129 cm³/mol.